The summed E-state index contributed by atoms with van der Waals surface area (Å²) < 4.78 is 8.12. The van der Waals surface area contributed by atoms with Crippen LogP contribution in [-0.2, 0) is 30.8 Å². The molecule has 0 spiro atoms. The van der Waals surface area contributed by atoms with Gasteiger partial charge in [0.15, 0.2) is 0 Å². The number of carbonyl (C=O) groups excluding carboxylic acids is 1. The molecule has 1 N–H and O–H groups in total. The topological polar surface area (TPSA) is 81.9 Å². The summed E-state index contributed by atoms with van der Waals surface area (Å²) in [6.45, 7) is 3.89. The zero-order valence-electron chi connectivity index (χ0n) is 17.7. The SMILES string of the molecule is Cc1nc(COc2ccccc2/C=C/C(=O)NCCc2nnc3n2CCCCC3)cs1. The standard InChI is InChI=1S/C23H27N5O2S/c1-17-25-19(16-31-17)15-30-20-8-5-4-7-18(20)10-11-23(29)24-13-12-22-27-26-21-9-3-2-6-14-28(21)22/h4-5,7-8,10-11,16H,2-3,6,9,12-15H2,1H3,(H,24,29)/b11-10+. The minimum Gasteiger partial charge on any atom is -0.487 e. The van der Waals surface area contributed by atoms with Gasteiger partial charge in [-0.05, 0) is 31.9 Å². The van der Waals surface area contributed by atoms with Crippen LogP contribution in [0.3, 0.4) is 0 Å². The second kappa shape index (κ2) is 10.3. The van der Waals surface area contributed by atoms with Gasteiger partial charge in [0, 0.05) is 43.0 Å². The number of para-hydroxylation sites is 1. The second-order valence-corrected chi connectivity index (χ2v) is 8.62. The van der Waals surface area contributed by atoms with Crippen molar-refractivity contribution in [2.24, 2.45) is 0 Å². The summed E-state index contributed by atoms with van der Waals surface area (Å²) in [6.07, 6.45) is 8.56. The molecule has 4 rings (SSSR count). The van der Waals surface area contributed by atoms with Gasteiger partial charge in [-0.2, -0.15) is 0 Å². The van der Waals surface area contributed by atoms with Crippen molar-refractivity contribution >= 4 is 23.3 Å². The van der Waals surface area contributed by atoms with E-state index in [4.69, 9.17) is 4.74 Å². The Hall–Kier alpha value is -3.00. The van der Waals surface area contributed by atoms with Crippen molar-refractivity contribution in [2.75, 3.05) is 6.54 Å². The van der Waals surface area contributed by atoms with Gasteiger partial charge in [0.25, 0.3) is 0 Å². The number of rotatable bonds is 8. The molecular formula is C23H27N5O2S. The van der Waals surface area contributed by atoms with Gasteiger partial charge in [0.1, 0.15) is 24.0 Å². The minimum absolute atomic E-state index is 0.138. The van der Waals surface area contributed by atoms with Crippen molar-refractivity contribution in [3.63, 3.8) is 0 Å². The number of nitrogens with zero attached hydrogens (tertiary/aromatic N) is 4. The summed E-state index contributed by atoms with van der Waals surface area (Å²) in [6, 6.07) is 7.67. The summed E-state index contributed by atoms with van der Waals surface area (Å²) >= 11 is 1.61. The molecule has 1 aromatic carbocycles. The number of thiazole rings is 1. The molecule has 1 aliphatic rings. The van der Waals surface area contributed by atoms with E-state index in [-0.39, 0.29) is 5.91 Å². The van der Waals surface area contributed by atoms with Gasteiger partial charge in [-0.3, -0.25) is 4.79 Å². The molecule has 0 bridgehead atoms. The van der Waals surface area contributed by atoms with Crippen molar-refractivity contribution in [1.29, 1.82) is 0 Å². The van der Waals surface area contributed by atoms with Crippen LogP contribution in [0.25, 0.3) is 6.08 Å². The molecule has 0 atom stereocenters. The van der Waals surface area contributed by atoms with Crippen LogP contribution in [0, 0.1) is 6.92 Å². The number of nitrogens with one attached hydrogen (secondary N) is 1. The molecular weight excluding hydrogens is 410 g/mol. The quantitative estimate of drug-likeness (QED) is 0.543. The van der Waals surface area contributed by atoms with Crippen LogP contribution in [0.2, 0.25) is 0 Å². The molecule has 162 valence electrons. The molecule has 0 saturated carbocycles. The third-order valence-electron chi connectivity index (χ3n) is 5.21. The second-order valence-electron chi connectivity index (χ2n) is 7.55. The van der Waals surface area contributed by atoms with Gasteiger partial charge in [-0.25, -0.2) is 4.98 Å². The third kappa shape index (κ3) is 5.79. The molecule has 2 aromatic heterocycles. The Morgan fingerprint density at radius 3 is 3.03 bits per heavy atom. The highest BCUT2D eigenvalue weighted by Crippen LogP contribution is 2.21. The number of fused-ring (bicyclic) bond motifs is 1. The first kappa shape index (κ1) is 21.2. The number of hydrogen-bond donors (Lipinski definition) is 1. The van der Waals surface area contributed by atoms with Crippen LogP contribution < -0.4 is 10.1 Å². The van der Waals surface area contributed by atoms with Crippen LogP contribution in [0.5, 0.6) is 5.75 Å². The number of benzene rings is 1. The molecule has 0 unspecified atom stereocenters. The molecule has 8 heteroatoms. The third-order valence-corrected chi connectivity index (χ3v) is 6.03. The fourth-order valence-corrected chi connectivity index (χ4v) is 4.23. The number of aromatic nitrogens is 4. The van der Waals surface area contributed by atoms with Crippen LogP contribution in [0.15, 0.2) is 35.7 Å². The van der Waals surface area contributed by atoms with Gasteiger partial charge in [0.05, 0.1) is 10.7 Å². The van der Waals surface area contributed by atoms with E-state index >= 15 is 0 Å². The van der Waals surface area contributed by atoms with Crippen LogP contribution in [-0.4, -0.2) is 32.2 Å². The zero-order chi connectivity index (χ0) is 21.5. The number of carbonyl (C=O) groups is 1. The maximum atomic E-state index is 12.3. The Morgan fingerprint density at radius 1 is 1.26 bits per heavy atom. The minimum atomic E-state index is -0.138. The van der Waals surface area contributed by atoms with Gasteiger partial charge in [-0.15, -0.1) is 21.5 Å². The highest BCUT2D eigenvalue weighted by molar-refractivity contribution is 7.09. The highest BCUT2D eigenvalue weighted by atomic mass is 32.1. The van der Waals surface area contributed by atoms with Crippen LogP contribution in [0.1, 0.15) is 47.2 Å². The predicted molar refractivity (Wildman–Crippen MR) is 121 cm³/mol. The van der Waals surface area contributed by atoms with Crippen molar-refractivity contribution in [3.8, 4) is 5.75 Å². The monoisotopic (exact) mass is 437 g/mol. The molecule has 3 heterocycles. The Morgan fingerprint density at radius 2 is 2.16 bits per heavy atom. The van der Waals surface area contributed by atoms with Crippen LogP contribution in [0.4, 0.5) is 0 Å². The van der Waals surface area contributed by atoms with E-state index in [2.05, 4.69) is 25.1 Å². The van der Waals surface area contributed by atoms with Gasteiger partial charge in [0.2, 0.25) is 5.91 Å². The number of hydrogen-bond acceptors (Lipinski definition) is 6. The van der Waals surface area contributed by atoms with E-state index < -0.39 is 0 Å². The number of amides is 1. The van der Waals surface area contributed by atoms with E-state index in [1.165, 1.54) is 12.8 Å². The Kier molecular flexibility index (Phi) is 7.09. The van der Waals surface area contributed by atoms with Gasteiger partial charge >= 0.3 is 0 Å². The highest BCUT2D eigenvalue weighted by Gasteiger charge is 2.14. The summed E-state index contributed by atoms with van der Waals surface area (Å²) in [5.74, 6) is 2.62. The van der Waals surface area contributed by atoms with Crippen molar-refractivity contribution in [2.45, 2.75) is 52.2 Å². The largest absolute Gasteiger partial charge is 0.487 e. The fraction of sp³-hybridized carbons (Fsp3) is 0.391. The smallest absolute Gasteiger partial charge is 0.244 e. The maximum Gasteiger partial charge on any atom is 0.244 e. The van der Waals surface area contributed by atoms with E-state index in [0.717, 1.165) is 53.0 Å². The summed E-state index contributed by atoms with van der Waals surface area (Å²) in [5.41, 5.74) is 1.76. The Bertz CT molecular complexity index is 1060. The Labute approximate surface area is 186 Å². The molecule has 0 aliphatic carbocycles. The first-order chi connectivity index (χ1) is 15.2. The molecule has 0 saturated heterocycles. The summed E-state index contributed by atoms with van der Waals surface area (Å²) in [5, 5.41) is 14.6. The predicted octanol–water partition coefficient (Wildman–Crippen LogP) is 3.72. The Balaban J connectivity index is 1.29. The molecule has 3 aromatic rings. The molecule has 31 heavy (non-hydrogen) atoms. The summed E-state index contributed by atoms with van der Waals surface area (Å²) in [7, 11) is 0. The van der Waals surface area contributed by atoms with Crippen molar-refractivity contribution in [1.82, 2.24) is 25.1 Å². The average molecular weight is 438 g/mol. The molecule has 1 amide bonds. The van der Waals surface area contributed by atoms with Crippen LogP contribution >= 0.6 is 11.3 Å². The van der Waals surface area contributed by atoms with Crippen molar-refractivity contribution in [3.05, 3.63) is 63.6 Å². The molecule has 0 fully saturated rings. The van der Waals surface area contributed by atoms with E-state index in [1.54, 1.807) is 23.5 Å². The zero-order valence-corrected chi connectivity index (χ0v) is 18.5. The first-order valence-electron chi connectivity index (χ1n) is 10.7. The number of aryl methyl sites for hydroxylation is 2. The first-order valence-corrected chi connectivity index (χ1v) is 11.6. The van der Waals surface area contributed by atoms with Crippen molar-refractivity contribution < 1.29 is 9.53 Å². The average Bonchev–Trinajstić information content (AvgIpc) is 3.29. The lowest BCUT2D eigenvalue weighted by molar-refractivity contribution is -0.116. The molecule has 7 nitrogen and oxygen atoms in total. The lowest BCUT2D eigenvalue weighted by atomic mass is 10.2. The van der Waals surface area contributed by atoms with Gasteiger partial charge < -0.3 is 14.6 Å². The van der Waals surface area contributed by atoms with E-state index in [0.29, 0.717) is 19.6 Å². The molecule has 1 aliphatic heterocycles. The lowest BCUT2D eigenvalue weighted by Gasteiger charge is -2.08. The maximum absolute atomic E-state index is 12.3. The summed E-state index contributed by atoms with van der Waals surface area (Å²) in [4.78, 5) is 16.7. The van der Waals surface area contributed by atoms with E-state index in [1.807, 2.05) is 36.6 Å². The fourth-order valence-electron chi connectivity index (χ4n) is 3.63. The number of ether oxygens (including phenoxy) is 1. The normalized spacial score (nSPS) is 13.7. The molecule has 0 radical (unpaired) electrons. The lowest BCUT2D eigenvalue weighted by Crippen LogP contribution is -2.24. The van der Waals surface area contributed by atoms with Gasteiger partial charge in [-0.1, -0.05) is 24.6 Å². The van der Waals surface area contributed by atoms with E-state index in [9.17, 15) is 4.79 Å².